The summed E-state index contributed by atoms with van der Waals surface area (Å²) in [6.45, 7) is 6.53. The van der Waals surface area contributed by atoms with Gasteiger partial charge in [-0.25, -0.2) is 9.97 Å². The van der Waals surface area contributed by atoms with Crippen LogP contribution in [0.5, 0.6) is 0 Å². The first-order chi connectivity index (χ1) is 24.6. The number of allylic oxidation sites excluding steroid dienone is 2. The highest BCUT2D eigenvalue weighted by molar-refractivity contribution is 5.96. The number of rotatable bonds is 8. The minimum atomic E-state index is 0.647. The van der Waals surface area contributed by atoms with Crippen LogP contribution in [0.2, 0.25) is 0 Å². The minimum absolute atomic E-state index is 0.647. The SMILES string of the molecule is C=C(/C=C\c1oc2c(-c3ccccc3)cccc2c1C)c1ncccc1-c1cc(-c2ccc(-c3ccccc3)cc2)nc(-c2ccccc2)n1. The molecule has 3 heterocycles. The molecule has 0 aliphatic heterocycles. The Morgan fingerprint density at radius 3 is 1.90 bits per heavy atom. The van der Waals surface area contributed by atoms with Crippen molar-refractivity contribution in [2.24, 2.45) is 0 Å². The molecule has 8 aromatic rings. The molecule has 0 saturated carbocycles. The van der Waals surface area contributed by atoms with E-state index in [1.165, 1.54) is 5.56 Å². The maximum Gasteiger partial charge on any atom is 0.160 e. The Bertz CT molecular complexity index is 2480. The fourth-order valence-corrected chi connectivity index (χ4v) is 6.30. The number of nitrogens with zero attached hydrogens (tertiary/aromatic N) is 3. The highest BCUT2D eigenvalue weighted by atomic mass is 16.3. The van der Waals surface area contributed by atoms with Crippen LogP contribution in [0.1, 0.15) is 17.0 Å². The van der Waals surface area contributed by atoms with Gasteiger partial charge in [-0.1, -0.05) is 140 Å². The number of benzene rings is 5. The molecule has 0 aliphatic carbocycles. The summed E-state index contributed by atoms with van der Waals surface area (Å²) < 4.78 is 6.48. The Kier molecular flexibility index (Phi) is 8.26. The summed E-state index contributed by atoms with van der Waals surface area (Å²) in [5.74, 6) is 1.44. The number of furan rings is 1. The molecule has 8 rings (SSSR count). The molecular weight excluding hydrogens is 611 g/mol. The first-order valence-electron chi connectivity index (χ1n) is 16.6. The number of hydrogen-bond donors (Lipinski definition) is 0. The number of hydrogen-bond acceptors (Lipinski definition) is 4. The molecule has 0 fully saturated rings. The van der Waals surface area contributed by atoms with Gasteiger partial charge in [0, 0.05) is 39.4 Å². The van der Waals surface area contributed by atoms with Crippen LogP contribution in [0.25, 0.3) is 78.8 Å². The Morgan fingerprint density at radius 1 is 0.580 bits per heavy atom. The number of para-hydroxylation sites is 1. The highest BCUT2D eigenvalue weighted by Gasteiger charge is 2.16. The van der Waals surface area contributed by atoms with Crippen LogP contribution in [-0.2, 0) is 0 Å². The van der Waals surface area contributed by atoms with Gasteiger partial charge in [0.15, 0.2) is 5.82 Å². The largest absolute Gasteiger partial charge is 0.456 e. The normalized spacial score (nSPS) is 11.3. The van der Waals surface area contributed by atoms with Crippen LogP contribution in [0.3, 0.4) is 0 Å². The second kappa shape index (κ2) is 13.5. The fraction of sp³-hybridized carbons (Fsp3) is 0.0217. The van der Waals surface area contributed by atoms with Crippen molar-refractivity contribution in [3.63, 3.8) is 0 Å². The molecule has 238 valence electrons. The lowest BCUT2D eigenvalue weighted by Crippen LogP contribution is -1.98. The minimum Gasteiger partial charge on any atom is -0.456 e. The van der Waals surface area contributed by atoms with Crippen molar-refractivity contribution in [1.82, 2.24) is 15.0 Å². The molecular formula is C46H33N3O. The van der Waals surface area contributed by atoms with Gasteiger partial charge in [0.25, 0.3) is 0 Å². The van der Waals surface area contributed by atoms with Crippen molar-refractivity contribution < 1.29 is 4.42 Å². The summed E-state index contributed by atoms with van der Waals surface area (Å²) >= 11 is 0. The van der Waals surface area contributed by atoms with Gasteiger partial charge in [-0.05, 0) is 59.5 Å². The van der Waals surface area contributed by atoms with Crippen LogP contribution in [0, 0.1) is 6.92 Å². The van der Waals surface area contributed by atoms with Gasteiger partial charge < -0.3 is 4.42 Å². The van der Waals surface area contributed by atoms with E-state index < -0.39 is 0 Å². The van der Waals surface area contributed by atoms with Crippen LogP contribution in [-0.4, -0.2) is 15.0 Å². The zero-order valence-electron chi connectivity index (χ0n) is 27.6. The molecule has 0 amide bonds. The van der Waals surface area contributed by atoms with E-state index in [0.29, 0.717) is 5.82 Å². The molecule has 3 aromatic heterocycles. The molecule has 0 spiro atoms. The Morgan fingerprint density at radius 2 is 1.18 bits per heavy atom. The smallest absolute Gasteiger partial charge is 0.160 e. The van der Waals surface area contributed by atoms with E-state index >= 15 is 0 Å². The molecule has 0 aliphatic rings. The second-order valence-corrected chi connectivity index (χ2v) is 12.2. The molecule has 4 heteroatoms. The summed E-state index contributed by atoms with van der Waals surface area (Å²) in [6.07, 6.45) is 5.75. The van der Waals surface area contributed by atoms with Crippen molar-refractivity contribution in [3.8, 4) is 56.2 Å². The van der Waals surface area contributed by atoms with Crippen LogP contribution >= 0.6 is 0 Å². The first kappa shape index (κ1) is 30.7. The van der Waals surface area contributed by atoms with Crippen molar-refractivity contribution in [2.45, 2.75) is 6.92 Å². The van der Waals surface area contributed by atoms with Crippen LogP contribution < -0.4 is 0 Å². The number of aryl methyl sites for hydroxylation is 1. The van der Waals surface area contributed by atoms with E-state index in [4.69, 9.17) is 19.4 Å². The lowest BCUT2D eigenvalue weighted by atomic mass is 10.00. The fourth-order valence-electron chi connectivity index (χ4n) is 6.30. The quantitative estimate of drug-likeness (QED) is 0.155. The van der Waals surface area contributed by atoms with Gasteiger partial charge in [0.1, 0.15) is 11.3 Å². The zero-order chi connectivity index (χ0) is 33.9. The lowest BCUT2D eigenvalue weighted by molar-refractivity contribution is 0.602. The van der Waals surface area contributed by atoms with E-state index in [2.05, 4.69) is 92.4 Å². The maximum absolute atomic E-state index is 6.48. The summed E-state index contributed by atoms with van der Waals surface area (Å²) in [5.41, 5.74) is 12.4. The highest BCUT2D eigenvalue weighted by Crippen LogP contribution is 2.36. The molecule has 50 heavy (non-hydrogen) atoms. The summed E-state index contributed by atoms with van der Waals surface area (Å²) in [6, 6.07) is 51.6. The van der Waals surface area contributed by atoms with Gasteiger partial charge >= 0.3 is 0 Å². The van der Waals surface area contributed by atoms with Crippen molar-refractivity contribution >= 4 is 22.6 Å². The first-order valence-corrected chi connectivity index (χ1v) is 16.6. The zero-order valence-corrected chi connectivity index (χ0v) is 27.6. The summed E-state index contributed by atoms with van der Waals surface area (Å²) in [7, 11) is 0. The average Bonchev–Trinajstić information content (AvgIpc) is 3.52. The molecule has 0 bridgehead atoms. The Labute approximate surface area is 291 Å². The summed E-state index contributed by atoms with van der Waals surface area (Å²) in [5, 5.41) is 1.09. The van der Waals surface area contributed by atoms with E-state index in [1.807, 2.05) is 84.9 Å². The third kappa shape index (κ3) is 6.07. The van der Waals surface area contributed by atoms with Crippen molar-refractivity contribution in [2.75, 3.05) is 0 Å². The van der Waals surface area contributed by atoms with Gasteiger partial charge in [0.2, 0.25) is 0 Å². The molecule has 0 unspecified atom stereocenters. The standard InChI is InChI=1S/C46H33N3O/c1-31(23-28-43-32(2)38-20-12-21-39(45(38)50-43)35-16-8-4-9-17-35)44-40(22-13-29-47-44)42-30-41(48-46(49-42)37-18-10-5-11-19-37)36-26-24-34(25-27-36)33-14-6-3-7-15-33/h3-30H,1H2,2H3/b28-23-. The van der Waals surface area contributed by atoms with Gasteiger partial charge in [-0.15, -0.1) is 0 Å². The lowest BCUT2D eigenvalue weighted by Gasteiger charge is -2.12. The van der Waals surface area contributed by atoms with Crippen molar-refractivity contribution in [3.05, 3.63) is 188 Å². The predicted molar refractivity (Wildman–Crippen MR) is 206 cm³/mol. The predicted octanol–water partition coefficient (Wildman–Crippen LogP) is 12.0. The van der Waals surface area contributed by atoms with Crippen LogP contribution in [0.4, 0.5) is 0 Å². The maximum atomic E-state index is 6.48. The van der Waals surface area contributed by atoms with Gasteiger partial charge in [-0.3, -0.25) is 4.98 Å². The Hall–Kier alpha value is -6.65. The number of pyridine rings is 1. The third-order valence-corrected chi connectivity index (χ3v) is 8.96. The molecule has 0 radical (unpaired) electrons. The van der Waals surface area contributed by atoms with Crippen molar-refractivity contribution in [1.29, 1.82) is 0 Å². The van der Waals surface area contributed by atoms with Crippen LogP contribution in [0.15, 0.2) is 175 Å². The average molecular weight is 644 g/mol. The number of aromatic nitrogens is 3. The monoisotopic (exact) mass is 643 g/mol. The molecule has 0 atom stereocenters. The second-order valence-electron chi connectivity index (χ2n) is 12.2. The summed E-state index contributed by atoms with van der Waals surface area (Å²) in [4.78, 5) is 14.9. The van der Waals surface area contributed by atoms with E-state index in [-0.39, 0.29) is 0 Å². The van der Waals surface area contributed by atoms with E-state index in [9.17, 15) is 0 Å². The number of fused-ring (bicyclic) bond motifs is 1. The van der Waals surface area contributed by atoms with E-state index in [1.54, 1.807) is 6.20 Å². The molecule has 0 N–H and O–H groups in total. The molecule has 0 saturated heterocycles. The van der Waals surface area contributed by atoms with Gasteiger partial charge in [-0.2, -0.15) is 0 Å². The third-order valence-electron chi connectivity index (χ3n) is 8.96. The molecule has 4 nitrogen and oxygen atoms in total. The Balaban J connectivity index is 1.17. The topological polar surface area (TPSA) is 51.8 Å². The molecule has 5 aromatic carbocycles. The van der Waals surface area contributed by atoms with Gasteiger partial charge in [0.05, 0.1) is 17.1 Å². The van der Waals surface area contributed by atoms with E-state index in [0.717, 1.165) is 78.3 Å².